The molecule has 1 amide bonds. The fraction of sp³-hybridized carbons (Fsp3) is 0.192. The minimum atomic E-state index is -0.0900. The molecular weight excluding hydrogens is 458 g/mol. The molecule has 0 saturated carbocycles. The first kappa shape index (κ1) is 22.8. The Balaban J connectivity index is 1.20. The van der Waals surface area contributed by atoms with Crippen molar-refractivity contribution in [1.82, 2.24) is 34.7 Å². The number of aryl methyl sites for hydroxylation is 2. The van der Waals surface area contributed by atoms with Gasteiger partial charge >= 0.3 is 0 Å². The number of nitrogens with one attached hydrogen (secondary N) is 1. The van der Waals surface area contributed by atoms with Crippen molar-refractivity contribution in [3.8, 4) is 5.69 Å². The third-order valence-electron chi connectivity index (χ3n) is 5.57. The van der Waals surface area contributed by atoms with Crippen LogP contribution in [0.4, 0.5) is 0 Å². The first-order valence-electron chi connectivity index (χ1n) is 11.4. The largest absolute Gasteiger partial charge is 0.352 e. The lowest BCUT2D eigenvalue weighted by Crippen LogP contribution is -2.26. The topological polar surface area (TPSA) is 90.0 Å². The molecule has 0 radical (unpaired) electrons. The Labute approximate surface area is 207 Å². The number of hydrogen-bond acceptors (Lipinski definition) is 6. The number of carbonyl (C=O) groups is 1. The summed E-state index contributed by atoms with van der Waals surface area (Å²) in [6.07, 6.45) is 4.53. The zero-order valence-electron chi connectivity index (χ0n) is 19.5. The summed E-state index contributed by atoms with van der Waals surface area (Å²) in [5, 5.41) is 12.6. The molecule has 9 heteroatoms. The first-order valence-corrected chi connectivity index (χ1v) is 12.3. The fourth-order valence-electron chi connectivity index (χ4n) is 3.85. The van der Waals surface area contributed by atoms with Gasteiger partial charge in [-0.2, -0.15) is 10.1 Å². The van der Waals surface area contributed by atoms with Crippen LogP contribution in [-0.4, -0.2) is 41.8 Å². The molecule has 0 bridgehead atoms. The number of amides is 1. The summed E-state index contributed by atoms with van der Waals surface area (Å²) in [4.78, 5) is 21.9. The van der Waals surface area contributed by atoms with Crippen LogP contribution >= 0.6 is 11.8 Å². The van der Waals surface area contributed by atoms with E-state index in [4.69, 9.17) is 0 Å². The molecule has 0 spiro atoms. The second kappa shape index (κ2) is 10.1. The van der Waals surface area contributed by atoms with E-state index in [1.165, 1.54) is 11.8 Å². The van der Waals surface area contributed by atoms with Gasteiger partial charge in [-0.05, 0) is 55.7 Å². The summed E-state index contributed by atoms with van der Waals surface area (Å²) in [5.41, 5.74) is 5.57. The average molecular weight is 484 g/mol. The lowest BCUT2D eigenvalue weighted by molar-refractivity contribution is 0.0953. The van der Waals surface area contributed by atoms with Crippen LogP contribution in [0.1, 0.15) is 32.9 Å². The molecule has 5 aromatic rings. The number of nitrogens with zero attached hydrogens (tertiary/aromatic N) is 6. The van der Waals surface area contributed by atoms with Crippen molar-refractivity contribution in [2.24, 2.45) is 0 Å². The second-order valence-electron chi connectivity index (χ2n) is 8.23. The molecule has 2 aromatic carbocycles. The molecule has 0 fully saturated rings. The van der Waals surface area contributed by atoms with Gasteiger partial charge in [0.2, 0.25) is 5.16 Å². The number of fused-ring (bicyclic) bond motifs is 1. The molecule has 35 heavy (non-hydrogen) atoms. The predicted octanol–water partition coefficient (Wildman–Crippen LogP) is 4.19. The maximum Gasteiger partial charge on any atom is 0.253 e. The van der Waals surface area contributed by atoms with Crippen LogP contribution in [-0.2, 0) is 12.2 Å². The number of thioether (sulfide) groups is 1. The number of para-hydroxylation sites is 1. The monoisotopic (exact) mass is 483 g/mol. The van der Waals surface area contributed by atoms with E-state index in [1.54, 1.807) is 4.52 Å². The van der Waals surface area contributed by atoms with Gasteiger partial charge in [-0.25, -0.2) is 14.2 Å². The molecule has 0 atom stereocenters. The Kier molecular flexibility index (Phi) is 6.58. The maximum atomic E-state index is 12.9. The molecule has 0 aliphatic carbocycles. The second-order valence-corrected chi connectivity index (χ2v) is 9.17. The molecule has 0 unspecified atom stereocenters. The van der Waals surface area contributed by atoms with E-state index in [-0.39, 0.29) is 5.91 Å². The van der Waals surface area contributed by atoms with Gasteiger partial charge in [0.1, 0.15) is 0 Å². The lowest BCUT2D eigenvalue weighted by Gasteiger charge is -2.09. The summed E-state index contributed by atoms with van der Waals surface area (Å²) in [6, 6.07) is 19.6. The molecule has 1 N–H and O–H groups in total. The van der Waals surface area contributed by atoms with Gasteiger partial charge in [0.15, 0.2) is 0 Å². The molecule has 0 saturated heterocycles. The average Bonchev–Trinajstić information content (AvgIpc) is 3.51. The van der Waals surface area contributed by atoms with Gasteiger partial charge < -0.3 is 5.32 Å². The van der Waals surface area contributed by atoms with E-state index < -0.39 is 0 Å². The highest BCUT2D eigenvalue weighted by Gasteiger charge is 2.13. The van der Waals surface area contributed by atoms with E-state index in [9.17, 15) is 4.79 Å². The zero-order chi connectivity index (χ0) is 24.2. The Morgan fingerprint density at radius 2 is 1.83 bits per heavy atom. The van der Waals surface area contributed by atoms with E-state index in [0.29, 0.717) is 35.2 Å². The third-order valence-corrected chi connectivity index (χ3v) is 6.46. The van der Waals surface area contributed by atoms with Crippen LogP contribution in [0.25, 0.3) is 11.5 Å². The number of benzene rings is 2. The van der Waals surface area contributed by atoms with Crippen molar-refractivity contribution in [1.29, 1.82) is 0 Å². The molecule has 0 aliphatic rings. The highest BCUT2D eigenvalue weighted by Crippen LogP contribution is 2.23. The van der Waals surface area contributed by atoms with Gasteiger partial charge in [0.05, 0.1) is 11.9 Å². The number of rotatable bonds is 8. The summed E-state index contributed by atoms with van der Waals surface area (Å²) in [6.45, 7) is 4.45. The minimum absolute atomic E-state index is 0.0900. The first-order chi connectivity index (χ1) is 17.1. The van der Waals surface area contributed by atoms with E-state index in [2.05, 4.69) is 25.5 Å². The third kappa shape index (κ3) is 5.25. The van der Waals surface area contributed by atoms with E-state index in [0.717, 1.165) is 28.2 Å². The Morgan fingerprint density at radius 3 is 2.69 bits per heavy atom. The standard InChI is InChI=1S/C26H25N7OS/c1-18-14-19(2)33-25(29-18)30-26(31-33)35-17-21-8-6-7-11-23(21)24(34)27-13-12-20-15-28-32(16-20)22-9-4-3-5-10-22/h3-11,14-16H,12-13,17H2,1-2H3,(H,27,34). The molecule has 3 heterocycles. The van der Waals surface area contributed by atoms with Crippen molar-refractivity contribution in [3.05, 3.63) is 101 Å². The van der Waals surface area contributed by atoms with Crippen LogP contribution in [0.2, 0.25) is 0 Å². The van der Waals surface area contributed by atoms with Gasteiger partial charge in [-0.15, -0.1) is 5.10 Å². The Bertz CT molecular complexity index is 1480. The van der Waals surface area contributed by atoms with E-state index in [1.807, 2.05) is 91.6 Å². The van der Waals surface area contributed by atoms with Crippen LogP contribution in [0.5, 0.6) is 0 Å². The summed E-state index contributed by atoms with van der Waals surface area (Å²) >= 11 is 1.49. The smallest absolute Gasteiger partial charge is 0.253 e. The van der Waals surface area contributed by atoms with Crippen LogP contribution in [0.15, 0.2) is 78.2 Å². The number of aromatic nitrogens is 6. The van der Waals surface area contributed by atoms with Crippen molar-refractivity contribution < 1.29 is 4.79 Å². The highest BCUT2D eigenvalue weighted by atomic mass is 32.2. The van der Waals surface area contributed by atoms with Crippen molar-refractivity contribution >= 4 is 23.4 Å². The normalized spacial score (nSPS) is 11.1. The Morgan fingerprint density at radius 1 is 1.03 bits per heavy atom. The quantitative estimate of drug-likeness (QED) is 0.333. The molecule has 5 rings (SSSR count). The summed E-state index contributed by atoms with van der Waals surface area (Å²) in [7, 11) is 0. The maximum absolute atomic E-state index is 12.9. The molecular formula is C26H25N7OS. The van der Waals surface area contributed by atoms with Crippen LogP contribution in [0, 0.1) is 13.8 Å². The van der Waals surface area contributed by atoms with Crippen molar-refractivity contribution in [3.63, 3.8) is 0 Å². The number of hydrogen-bond donors (Lipinski definition) is 1. The lowest BCUT2D eigenvalue weighted by atomic mass is 10.1. The summed E-state index contributed by atoms with van der Waals surface area (Å²) in [5.74, 6) is 1.09. The van der Waals surface area contributed by atoms with Gasteiger partial charge in [0, 0.05) is 35.4 Å². The molecule has 8 nitrogen and oxygen atoms in total. The minimum Gasteiger partial charge on any atom is -0.352 e. The number of carbonyl (C=O) groups excluding carboxylic acids is 1. The zero-order valence-corrected chi connectivity index (χ0v) is 20.4. The fourth-order valence-corrected chi connectivity index (χ4v) is 4.67. The van der Waals surface area contributed by atoms with Gasteiger partial charge in [-0.3, -0.25) is 4.79 Å². The van der Waals surface area contributed by atoms with Crippen LogP contribution < -0.4 is 5.32 Å². The SMILES string of the molecule is Cc1cc(C)n2nc(SCc3ccccc3C(=O)NCCc3cnn(-c4ccccc4)c3)nc2n1. The highest BCUT2D eigenvalue weighted by molar-refractivity contribution is 7.98. The molecule has 176 valence electrons. The molecule has 0 aliphatic heterocycles. The predicted molar refractivity (Wildman–Crippen MR) is 136 cm³/mol. The van der Waals surface area contributed by atoms with Crippen molar-refractivity contribution in [2.75, 3.05) is 6.54 Å². The van der Waals surface area contributed by atoms with Gasteiger partial charge in [0.25, 0.3) is 11.7 Å². The molecule has 3 aromatic heterocycles. The van der Waals surface area contributed by atoms with Gasteiger partial charge in [-0.1, -0.05) is 48.2 Å². The van der Waals surface area contributed by atoms with Crippen LogP contribution in [0.3, 0.4) is 0 Å². The summed E-state index contributed by atoms with van der Waals surface area (Å²) < 4.78 is 3.59. The van der Waals surface area contributed by atoms with E-state index >= 15 is 0 Å². The Hall–Kier alpha value is -3.98. The van der Waals surface area contributed by atoms with Crippen molar-refractivity contribution in [2.45, 2.75) is 31.2 Å².